The monoisotopic (exact) mass is 353 g/mol. The third-order valence-electron chi connectivity index (χ3n) is 2.77. The smallest absolute Gasteiger partial charge is 0.307 e. The molecule has 0 saturated carbocycles. The molecular formula is C13H17Cl2NO4S. The van der Waals surface area contributed by atoms with Crippen LogP contribution < -0.4 is 4.72 Å². The Morgan fingerprint density at radius 1 is 1.24 bits per heavy atom. The topological polar surface area (TPSA) is 83.5 Å². The molecule has 0 fully saturated rings. The lowest BCUT2D eigenvalue weighted by molar-refractivity contribution is -0.142. The molecule has 1 atom stereocenters. The lowest BCUT2D eigenvalue weighted by Gasteiger charge is -2.15. The number of hydrogen-bond acceptors (Lipinski definition) is 3. The van der Waals surface area contributed by atoms with E-state index in [1.807, 2.05) is 13.8 Å². The average Bonchev–Trinajstić information content (AvgIpc) is 2.32. The van der Waals surface area contributed by atoms with Crippen molar-refractivity contribution in [2.75, 3.05) is 6.54 Å². The molecule has 0 spiro atoms. The number of carbonyl (C=O) groups is 1. The second-order valence-corrected chi connectivity index (χ2v) is 7.76. The standard InChI is InChI=1S/C13H17Cl2NO4S/c1-8(2)3-9(13(17)18)7-16-21(19,20)12-5-10(14)4-11(15)6-12/h4-6,8-9,16H,3,7H2,1-2H3,(H,17,18). The van der Waals surface area contributed by atoms with Gasteiger partial charge in [-0.25, -0.2) is 13.1 Å². The van der Waals surface area contributed by atoms with E-state index in [0.717, 1.165) is 0 Å². The highest BCUT2D eigenvalue weighted by molar-refractivity contribution is 7.89. The molecule has 0 heterocycles. The Hall–Kier alpha value is -0.820. The molecule has 1 unspecified atom stereocenters. The van der Waals surface area contributed by atoms with E-state index in [0.29, 0.717) is 6.42 Å². The first kappa shape index (κ1) is 18.2. The van der Waals surface area contributed by atoms with Gasteiger partial charge in [-0.3, -0.25) is 4.79 Å². The van der Waals surface area contributed by atoms with E-state index in [1.54, 1.807) is 0 Å². The van der Waals surface area contributed by atoms with Gasteiger partial charge in [0.05, 0.1) is 10.8 Å². The Bertz CT molecular complexity index is 596. The first-order valence-electron chi connectivity index (χ1n) is 6.30. The molecule has 118 valence electrons. The molecule has 1 rings (SSSR count). The third kappa shape index (κ3) is 5.82. The van der Waals surface area contributed by atoms with Crippen LogP contribution in [-0.4, -0.2) is 26.0 Å². The van der Waals surface area contributed by atoms with Crippen molar-refractivity contribution in [2.24, 2.45) is 11.8 Å². The van der Waals surface area contributed by atoms with Crippen LogP contribution in [0.2, 0.25) is 10.0 Å². The normalized spacial score (nSPS) is 13.4. The third-order valence-corrected chi connectivity index (χ3v) is 4.61. The van der Waals surface area contributed by atoms with Gasteiger partial charge in [-0.1, -0.05) is 37.0 Å². The average molecular weight is 354 g/mol. The summed E-state index contributed by atoms with van der Waals surface area (Å²) < 4.78 is 26.5. The van der Waals surface area contributed by atoms with Gasteiger partial charge in [-0.15, -0.1) is 0 Å². The van der Waals surface area contributed by atoms with Crippen molar-refractivity contribution in [3.63, 3.8) is 0 Å². The van der Waals surface area contributed by atoms with Gasteiger partial charge in [-0.05, 0) is 30.5 Å². The van der Waals surface area contributed by atoms with Crippen molar-refractivity contribution in [2.45, 2.75) is 25.2 Å². The summed E-state index contributed by atoms with van der Waals surface area (Å²) in [7, 11) is -3.85. The van der Waals surface area contributed by atoms with E-state index in [4.69, 9.17) is 28.3 Å². The van der Waals surface area contributed by atoms with E-state index in [-0.39, 0.29) is 27.4 Å². The summed E-state index contributed by atoms with van der Waals surface area (Å²) in [5.41, 5.74) is 0. The second kappa shape index (κ2) is 7.45. The van der Waals surface area contributed by atoms with E-state index < -0.39 is 21.9 Å². The van der Waals surface area contributed by atoms with Crippen molar-refractivity contribution < 1.29 is 18.3 Å². The minimum atomic E-state index is -3.85. The van der Waals surface area contributed by atoms with Crippen molar-refractivity contribution in [3.8, 4) is 0 Å². The SMILES string of the molecule is CC(C)CC(CNS(=O)(=O)c1cc(Cl)cc(Cl)c1)C(=O)O. The molecule has 21 heavy (non-hydrogen) atoms. The number of sulfonamides is 1. The number of rotatable bonds is 7. The fraction of sp³-hybridized carbons (Fsp3) is 0.462. The summed E-state index contributed by atoms with van der Waals surface area (Å²) in [5.74, 6) is -1.67. The van der Waals surface area contributed by atoms with Crippen LogP contribution in [0.3, 0.4) is 0 Å². The van der Waals surface area contributed by atoms with Crippen molar-refractivity contribution in [3.05, 3.63) is 28.2 Å². The summed E-state index contributed by atoms with van der Waals surface area (Å²) in [6.07, 6.45) is 0.383. The molecule has 0 saturated heterocycles. The Balaban J connectivity index is 2.87. The van der Waals surface area contributed by atoms with Crippen molar-refractivity contribution >= 4 is 39.2 Å². The van der Waals surface area contributed by atoms with E-state index in [2.05, 4.69) is 4.72 Å². The number of aliphatic carboxylic acids is 1. The van der Waals surface area contributed by atoms with E-state index in [1.165, 1.54) is 18.2 Å². The predicted octanol–water partition coefficient (Wildman–Crippen LogP) is 3.02. The lowest BCUT2D eigenvalue weighted by Crippen LogP contribution is -2.33. The minimum Gasteiger partial charge on any atom is -0.481 e. The molecule has 0 bridgehead atoms. The molecular weight excluding hydrogens is 337 g/mol. The largest absolute Gasteiger partial charge is 0.481 e. The molecule has 1 aromatic rings. The highest BCUT2D eigenvalue weighted by Crippen LogP contribution is 2.22. The van der Waals surface area contributed by atoms with Gasteiger partial charge in [-0.2, -0.15) is 0 Å². The molecule has 5 nitrogen and oxygen atoms in total. The van der Waals surface area contributed by atoms with Crippen LogP contribution in [0.5, 0.6) is 0 Å². The van der Waals surface area contributed by atoms with Gasteiger partial charge >= 0.3 is 5.97 Å². The first-order chi connectivity index (χ1) is 9.61. The van der Waals surface area contributed by atoms with E-state index in [9.17, 15) is 13.2 Å². The molecule has 1 aromatic carbocycles. The van der Waals surface area contributed by atoms with Crippen molar-refractivity contribution in [1.82, 2.24) is 4.72 Å². The Labute approximate surface area is 134 Å². The van der Waals surface area contributed by atoms with Gasteiger partial charge in [0, 0.05) is 16.6 Å². The van der Waals surface area contributed by atoms with Gasteiger partial charge in [0.25, 0.3) is 0 Å². The molecule has 2 N–H and O–H groups in total. The number of nitrogens with one attached hydrogen (secondary N) is 1. The van der Waals surface area contributed by atoms with Crippen LogP contribution >= 0.6 is 23.2 Å². The second-order valence-electron chi connectivity index (χ2n) is 5.12. The minimum absolute atomic E-state index is 0.0892. The molecule has 8 heteroatoms. The van der Waals surface area contributed by atoms with Crippen LogP contribution in [0.1, 0.15) is 20.3 Å². The van der Waals surface area contributed by atoms with Crippen LogP contribution in [-0.2, 0) is 14.8 Å². The summed E-state index contributed by atoms with van der Waals surface area (Å²) in [5, 5.41) is 9.49. The highest BCUT2D eigenvalue weighted by Gasteiger charge is 2.23. The maximum atomic E-state index is 12.1. The van der Waals surface area contributed by atoms with Crippen LogP contribution in [0.15, 0.2) is 23.1 Å². The van der Waals surface area contributed by atoms with Crippen LogP contribution in [0.25, 0.3) is 0 Å². The zero-order valence-electron chi connectivity index (χ0n) is 11.6. The van der Waals surface area contributed by atoms with Crippen LogP contribution in [0.4, 0.5) is 0 Å². The number of carboxylic acid groups (broad SMARTS) is 1. The number of carboxylic acids is 1. The Morgan fingerprint density at radius 3 is 2.19 bits per heavy atom. The first-order valence-corrected chi connectivity index (χ1v) is 8.54. The van der Waals surface area contributed by atoms with Crippen molar-refractivity contribution in [1.29, 1.82) is 0 Å². The van der Waals surface area contributed by atoms with Gasteiger partial charge in [0.15, 0.2) is 0 Å². The summed E-state index contributed by atoms with van der Waals surface area (Å²) in [6.45, 7) is 3.57. The number of hydrogen-bond donors (Lipinski definition) is 2. The summed E-state index contributed by atoms with van der Waals surface area (Å²) in [4.78, 5) is 11.0. The zero-order valence-corrected chi connectivity index (χ0v) is 14.0. The van der Waals surface area contributed by atoms with Gasteiger partial charge in [0.1, 0.15) is 0 Å². The number of benzene rings is 1. The molecule has 0 amide bonds. The van der Waals surface area contributed by atoms with Gasteiger partial charge in [0.2, 0.25) is 10.0 Å². The molecule has 0 aliphatic heterocycles. The Kier molecular flexibility index (Phi) is 6.46. The quantitative estimate of drug-likeness (QED) is 0.788. The molecule has 0 radical (unpaired) electrons. The number of halogens is 2. The molecule has 0 aliphatic rings. The zero-order chi connectivity index (χ0) is 16.2. The molecule has 0 aromatic heterocycles. The fourth-order valence-electron chi connectivity index (χ4n) is 1.82. The molecule has 0 aliphatic carbocycles. The highest BCUT2D eigenvalue weighted by atomic mass is 35.5. The van der Waals surface area contributed by atoms with Gasteiger partial charge < -0.3 is 5.11 Å². The lowest BCUT2D eigenvalue weighted by atomic mass is 9.98. The maximum Gasteiger partial charge on any atom is 0.307 e. The maximum absolute atomic E-state index is 12.1. The summed E-state index contributed by atoms with van der Waals surface area (Å²) >= 11 is 11.5. The Morgan fingerprint density at radius 2 is 1.76 bits per heavy atom. The van der Waals surface area contributed by atoms with Crippen LogP contribution in [0, 0.1) is 11.8 Å². The predicted molar refractivity (Wildman–Crippen MR) is 82.2 cm³/mol. The fourth-order valence-corrected chi connectivity index (χ4v) is 3.62. The summed E-state index contributed by atoms with van der Waals surface area (Å²) in [6, 6.07) is 3.93. The van der Waals surface area contributed by atoms with E-state index >= 15 is 0 Å².